The number of fused-ring (bicyclic) bond motifs is 1. The Morgan fingerprint density at radius 2 is 1.62 bits per heavy atom. The summed E-state index contributed by atoms with van der Waals surface area (Å²) in [5.41, 5.74) is 2.78. The number of hydrogen-bond acceptors (Lipinski definition) is 3. The summed E-state index contributed by atoms with van der Waals surface area (Å²) in [5, 5.41) is 5.39. The fourth-order valence-corrected chi connectivity index (χ4v) is 4.10. The average Bonchev–Trinajstić information content (AvgIpc) is 3.53. The van der Waals surface area contributed by atoms with Crippen LogP contribution in [0.2, 0.25) is 0 Å². The van der Waals surface area contributed by atoms with Gasteiger partial charge in [-0.25, -0.2) is 0 Å². The molecule has 0 saturated heterocycles. The second-order valence-corrected chi connectivity index (χ2v) is 8.96. The Labute approximate surface area is 199 Å². The smallest absolute Gasteiger partial charge is 0.251 e. The van der Waals surface area contributed by atoms with E-state index in [4.69, 9.17) is 4.42 Å². The highest BCUT2D eigenvalue weighted by atomic mass is 16.3. The summed E-state index contributed by atoms with van der Waals surface area (Å²) in [6.45, 7) is 0.870. The molecule has 0 bridgehead atoms. The van der Waals surface area contributed by atoms with E-state index in [1.165, 1.54) is 10.8 Å². The molecule has 172 valence electrons. The monoisotopic (exact) mass is 452 g/mol. The second-order valence-electron chi connectivity index (χ2n) is 8.96. The van der Waals surface area contributed by atoms with Crippen LogP contribution in [0.1, 0.15) is 46.5 Å². The maximum atomic E-state index is 13.2. The summed E-state index contributed by atoms with van der Waals surface area (Å²) >= 11 is 0. The Bertz CT molecular complexity index is 1270. The minimum absolute atomic E-state index is 0.0343. The molecule has 34 heavy (non-hydrogen) atoms. The van der Waals surface area contributed by atoms with Crippen molar-refractivity contribution in [2.24, 2.45) is 0 Å². The summed E-state index contributed by atoms with van der Waals surface area (Å²) in [7, 11) is 0. The zero-order valence-corrected chi connectivity index (χ0v) is 19.1. The van der Waals surface area contributed by atoms with Crippen LogP contribution >= 0.6 is 0 Å². The van der Waals surface area contributed by atoms with Gasteiger partial charge < -0.3 is 14.6 Å². The van der Waals surface area contributed by atoms with Crippen LogP contribution < -0.4 is 5.32 Å². The third-order valence-electron chi connectivity index (χ3n) is 6.22. The maximum absolute atomic E-state index is 13.2. The quantitative estimate of drug-likeness (QED) is 0.365. The molecule has 1 heterocycles. The minimum Gasteiger partial charge on any atom is -0.467 e. The van der Waals surface area contributed by atoms with E-state index < -0.39 is 0 Å². The molecule has 0 spiro atoms. The van der Waals surface area contributed by atoms with Crippen LogP contribution in [-0.2, 0) is 24.3 Å². The van der Waals surface area contributed by atoms with E-state index in [0.717, 1.165) is 29.7 Å². The fourth-order valence-electron chi connectivity index (χ4n) is 4.10. The molecule has 0 aliphatic heterocycles. The molecule has 1 fully saturated rings. The molecule has 0 unspecified atom stereocenters. The van der Waals surface area contributed by atoms with E-state index in [0.29, 0.717) is 37.5 Å². The summed E-state index contributed by atoms with van der Waals surface area (Å²) in [6.07, 6.45) is 4.85. The van der Waals surface area contributed by atoms with Gasteiger partial charge in [0, 0.05) is 24.6 Å². The van der Waals surface area contributed by atoms with Gasteiger partial charge in [-0.2, -0.15) is 0 Å². The number of amides is 2. The number of aryl methyl sites for hydroxylation is 1. The number of rotatable bonds is 9. The van der Waals surface area contributed by atoms with Crippen molar-refractivity contribution in [3.8, 4) is 0 Å². The van der Waals surface area contributed by atoms with Crippen molar-refractivity contribution in [3.63, 3.8) is 0 Å². The molecular formula is C29H28N2O3. The molecule has 4 aromatic rings. The minimum atomic E-state index is -0.0343. The highest BCUT2D eigenvalue weighted by Crippen LogP contribution is 2.20. The van der Waals surface area contributed by atoms with E-state index >= 15 is 0 Å². The van der Waals surface area contributed by atoms with Crippen molar-refractivity contribution in [3.05, 3.63) is 108 Å². The van der Waals surface area contributed by atoms with Crippen LogP contribution in [0.25, 0.3) is 10.8 Å². The lowest BCUT2D eigenvalue weighted by atomic mass is 10.0. The van der Waals surface area contributed by atoms with Crippen molar-refractivity contribution in [1.82, 2.24) is 10.2 Å². The standard InChI is InChI=1S/C29H28N2O3/c32-28(16-10-21-7-11-23-4-1-2-5-25(23)18-21)31(20-27-6-3-17-34-27)19-22-8-12-24(13-9-22)29(33)30-26-14-15-26/h1-9,11-13,17-18,26H,10,14-16,19-20H2,(H,30,33). The SMILES string of the molecule is O=C(NC1CC1)c1ccc(CN(Cc2ccco2)C(=O)CCc2ccc3ccccc3c2)cc1. The van der Waals surface area contributed by atoms with Gasteiger partial charge in [0.25, 0.3) is 5.91 Å². The number of nitrogens with one attached hydrogen (secondary N) is 1. The van der Waals surface area contributed by atoms with E-state index in [1.807, 2.05) is 53.4 Å². The predicted octanol–water partition coefficient (Wildman–Crippen LogP) is 5.49. The zero-order valence-electron chi connectivity index (χ0n) is 19.1. The van der Waals surface area contributed by atoms with E-state index in [-0.39, 0.29) is 11.8 Å². The van der Waals surface area contributed by atoms with Crippen LogP contribution in [0.5, 0.6) is 0 Å². The number of carbonyl (C=O) groups is 2. The van der Waals surface area contributed by atoms with Crippen molar-refractivity contribution in [2.45, 2.75) is 44.8 Å². The van der Waals surface area contributed by atoms with E-state index in [2.05, 4.69) is 35.6 Å². The van der Waals surface area contributed by atoms with E-state index in [9.17, 15) is 9.59 Å². The molecule has 1 saturated carbocycles. The second kappa shape index (κ2) is 9.96. The molecule has 1 aliphatic carbocycles. The van der Waals surface area contributed by atoms with Gasteiger partial charge in [-0.15, -0.1) is 0 Å². The van der Waals surface area contributed by atoms with Gasteiger partial charge in [0.1, 0.15) is 5.76 Å². The normalized spacial score (nSPS) is 13.1. The molecule has 2 amide bonds. The maximum Gasteiger partial charge on any atom is 0.251 e. The Morgan fingerprint density at radius 3 is 2.35 bits per heavy atom. The molecule has 5 heteroatoms. The topological polar surface area (TPSA) is 62.6 Å². The highest BCUT2D eigenvalue weighted by molar-refractivity contribution is 5.94. The molecule has 3 aromatic carbocycles. The number of hydrogen-bond donors (Lipinski definition) is 1. The van der Waals surface area contributed by atoms with Gasteiger partial charge in [-0.05, 0) is 65.4 Å². The van der Waals surface area contributed by atoms with Crippen LogP contribution in [0.4, 0.5) is 0 Å². The van der Waals surface area contributed by atoms with Crippen LogP contribution in [0, 0.1) is 0 Å². The molecule has 0 radical (unpaired) electrons. The Kier molecular flexibility index (Phi) is 6.43. The van der Waals surface area contributed by atoms with Crippen LogP contribution in [-0.4, -0.2) is 22.8 Å². The number of furan rings is 1. The van der Waals surface area contributed by atoms with Gasteiger partial charge >= 0.3 is 0 Å². The summed E-state index contributed by atoms with van der Waals surface area (Å²) < 4.78 is 5.51. The summed E-state index contributed by atoms with van der Waals surface area (Å²) in [5.74, 6) is 0.785. The summed E-state index contributed by atoms with van der Waals surface area (Å²) in [6, 6.07) is 26.2. The van der Waals surface area contributed by atoms with Crippen molar-refractivity contribution >= 4 is 22.6 Å². The van der Waals surface area contributed by atoms with Crippen LogP contribution in [0.3, 0.4) is 0 Å². The predicted molar refractivity (Wildman–Crippen MR) is 132 cm³/mol. The van der Waals surface area contributed by atoms with Crippen molar-refractivity contribution < 1.29 is 14.0 Å². The number of benzene rings is 3. The largest absolute Gasteiger partial charge is 0.467 e. The number of carbonyl (C=O) groups excluding carboxylic acids is 2. The lowest BCUT2D eigenvalue weighted by Gasteiger charge is -2.22. The van der Waals surface area contributed by atoms with Crippen LogP contribution in [0.15, 0.2) is 89.5 Å². The first kappa shape index (κ1) is 22.0. The summed E-state index contributed by atoms with van der Waals surface area (Å²) in [4.78, 5) is 27.3. The molecular weight excluding hydrogens is 424 g/mol. The first-order valence-electron chi connectivity index (χ1n) is 11.8. The van der Waals surface area contributed by atoms with Gasteiger partial charge in [0.15, 0.2) is 0 Å². The average molecular weight is 453 g/mol. The molecule has 1 aromatic heterocycles. The molecule has 0 atom stereocenters. The van der Waals surface area contributed by atoms with Gasteiger partial charge in [0.05, 0.1) is 12.8 Å². The lowest BCUT2D eigenvalue weighted by molar-refractivity contribution is -0.132. The Balaban J connectivity index is 1.25. The highest BCUT2D eigenvalue weighted by Gasteiger charge is 2.23. The number of nitrogens with zero attached hydrogens (tertiary/aromatic N) is 1. The fraction of sp³-hybridized carbons (Fsp3) is 0.241. The molecule has 1 aliphatic rings. The van der Waals surface area contributed by atoms with Crippen molar-refractivity contribution in [2.75, 3.05) is 0 Å². The molecule has 5 nitrogen and oxygen atoms in total. The first-order chi connectivity index (χ1) is 16.6. The Hall–Kier alpha value is -3.86. The van der Waals surface area contributed by atoms with Gasteiger partial charge in [-0.3, -0.25) is 9.59 Å². The third kappa shape index (κ3) is 5.54. The zero-order chi connectivity index (χ0) is 23.3. The third-order valence-corrected chi connectivity index (χ3v) is 6.22. The Morgan fingerprint density at radius 1 is 0.853 bits per heavy atom. The van der Waals surface area contributed by atoms with E-state index in [1.54, 1.807) is 6.26 Å². The van der Waals surface area contributed by atoms with Gasteiger partial charge in [-0.1, -0.05) is 54.6 Å². The van der Waals surface area contributed by atoms with Crippen molar-refractivity contribution in [1.29, 1.82) is 0 Å². The molecule has 5 rings (SSSR count). The van der Waals surface area contributed by atoms with Gasteiger partial charge in [0.2, 0.25) is 5.91 Å². The lowest BCUT2D eigenvalue weighted by Crippen LogP contribution is -2.30. The first-order valence-corrected chi connectivity index (χ1v) is 11.8. The molecule has 1 N–H and O–H groups in total.